The number of ether oxygens (including phenoxy) is 2. The van der Waals surface area contributed by atoms with Crippen molar-refractivity contribution in [2.45, 2.75) is 50.3 Å². The Labute approximate surface area is 252 Å². The van der Waals surface area contributed by atoms with Crippen LogP contribution in [0.4, 0.5) is 11.6 Å². The second-order valence-electron chi connectivity index (χ2n) is 9.38. The molecule has 252 valence electrons. The normalized spacial score (nSPS) is 27.3. The van der Waals surface area contributed by atoms with Gasteiger partial charge in [0.25, 0.3) is 0 Å². The number of nitrogen functional groups attached to an aromatic ring is 2. The lowest BCUT2D eigenvalue weighted by molar-refractivity contribution is -0.0246. The highest BCUT2D eigenvalue weighted by Crippen LogP contribution is 2.71. The van der Waals surface area contributed by atoms with Crippen molar-refractivity contribution in [3.8, 4) is 0 Å². The summed E-state index contributed by atoms with van der Waals surface area (Å²) >= 11 is 0. The Balaban J connectivity index is 1.23. The molecule has 4 unspecified atom stereocenters. The van der Waals surface area contributed by atoms with Gasteiger partial charge in [-0.25, -0.2) is 27.8 Å². The largest absolute Gasteiger partial charge is 0.490 e. The maximum atomic E-state index is 12.2. The number of phosphoric ester groups is 2. The number of hydrogen-bond donors (Lipinski definition) is 6. The van der Waals surface area contributed by atoms with Crippen molar-refractivity contribution in [2.75, 3.05) is 24.7 Å². The molecule has 2 aliphatic heterocycles. The van der Waals surface area contributed by atoms with Crippen molar-refractivity contribution in [1.82, 2.24) is 19.1 Å². The Morgan fingerprint density at radius 3 is 1.40 bits per heavy atom. The first kappa shape index (κ1) is 35.7. The molecule has 0 radical (unpaired) electrons. The zero-order valence-electron chi connectivity index (χ0n) is 22.7. The lowest BCUT2D eigenvalue weighted by Crippen LogP contribution is -2.27. The van der Waals surface area contributed by atoms with E-state index in [1.165, 1.54) is 24.5 Å². The first-order valence-electron chi connectivity index (χ1n) is 12.6. The molecule has 0 aliphatic carbocycles. The third-order valence-corrected chi connectivity index (χ3v) is 11.9. The molecular weight excluding hydrogens is 696 g/mol. The summed E-state index contributed by atoms with van der Waals surface area (Å²) in [6, 6.07) is 2.69. The first-order chi connectivity index (χ1) is 20.8. The van der Waals surface area contributed by atoms with E-state index in [1.54, 1.807) is 0 Å². The number of hydrogen-bond acceptors (Lipinski definition) is 17. The fourth-order valence-corrected chi connectivity index (χ4v) is 9.13. The molecule has 2 aliphatic rings. The molecule has 2 aromatic rings. The van der Waals surface area contributed by atoms with E-state index in [0.717, 1.165) is 9.13 Å². The van der Waals surface area contributed by atoms with Crippen LogP contribution in [-0.2, 0) is 49.7 Å². The van der Waals surface area contributed by atoms with Crippen LogP contribution in [0.15, 0.2) is 34.1 Å². The van der Waals surface area contributed by atoms with E-state index >= 15 is 0 Å². The minimum Gasteiger partial charge on any atom is -0.383 e. The van der Waals surface area contributed by atoms with Gasteiger partial charge in [0, 0.05) is 12.4 Å². The molecule has 4 heterocycles. The zero-order chi connectivity index (χ0) is 33.2. The minimum atomic E-state index is -5.99. The summed E-state index contributed by atoms with van der Waals surface area (Å²) in [7, 11) is -23.0. The minimum absolute atomic E-state index is 0.0175. The van der Waals surface area contributed by atoms with Crippen molar-refractivity contribution in [3.05, 3.63) is 45.5 Å². The van der Waals surface area contributed by atoms with Crippen molar-refractivity contribution >= 4 is 42.9 Å². The number of phosphoric acid groups is 4. The Bertz CT molecular complexity index is 1580. The Morgan fingerprint density at radius 2 is 1.04 bits per heavy atom. The molecule has 23 nitrogen and oxygen atoms in total. The second kappa shape index (κ2) is 13.9. The zero-order valence-corrected chi connectivity index (χ0v) is 26.3. The molecule has 4 rings (SSSR count). The molecule has 0 saturated carbocycles. The summed E-state index contributed by atoms with van der Waals surface area (Å²) in [5, 5.41) is 0. The highest BCUT2D eigenvalue weighted by Gasteiger charge is 2.46. The number of anilines is 2. The Kier molecular flexibility index (Phi) is 11.0. The Hall–Kier alpha value is -2.16. The monoisotopic (exact) mass is 724 g/mol. The topological polar surface area (TPSA) is 336 Å². The summed E-state index contributed by atoms with van der Waals surface area (Å²) in [6.07, 6.45) is 0.0779. The number of nitrogens with two attached hydrogens (primary N) is 2. The molecule has 0 bridgehead atoms. The van der Waals surface area contributed by atoms with E-state index in [1.807, 2.05) is 0 Å². The molecule has 8 N–H and O–H groups in total. The molecule has 8 atom stereocenters. The molecule has 0 aromatic carbocycles. The van der Waals surface area contributed by atoms with Crippen LogP contribution in [0.3, 0.4) is 0 Å². The van der Waals surface area contributed by atoms with E-state index in [0.29, 0.717) is 0 Å². The van der Waals surface area contributed by atoms with Crippen LogP contribution < -0.4 is 22.8 Å². The summed E-state index contributed by atoms with van der Waals surface area (Å²) in [5.74, 6) is -0.0350. The predicted octanol–water partition coefficient (Wildman–Crippen LogP) is 0.504. The van der Waals surface area contributed by atoms with Crippen LogP contribution in [0.1, 0.15) is 38.1 Å². The third-order valence-electron chi connectivity index (χ3n) is 5.96. The Morgan fingerprint density at radius 1 is 0.689 bits per heavy atom. The summed E-state index contributed by atoms with van der Waals surface area (Å²) in [4.78, 5) is 70.1. The van der Waals surface area contributed by atoms with Gasteiger partial charge < -0.3 is 40.5 Å². The lowest BCUT2D eigenvalue weighted by Gasteiger charge is -2.21. The lowest BCUT2D eigenvalue weighted by atomic mass is 10.2. The fraction of sp³-hybridized carbons (Fsp3) is 0.556. The van der Waals surface area contributed by atoms with Gasteiger partial charge in [0.15, 0.2) is 0 Å². The van der Waals surface area contributed by atoms with Gasteiger partial charge in [0.2, 0.25) is 0 Å². The van der Waals surface area contributed by atoms with Gasteiger partial charge in [0.05, 0.1) is 25.4 Å². The van der Waals surface area contributed by atoms with Gasteiger partial charge in [-0.1, -0.05) is 0 Å². The number of aromatic nitrogens is 4. The molecule has 45 heavy (non-hydrogen) atoms. The van der Waals surface area contributed by atoms with Crippen LogP contribution >= 0.6 is 31.3 Å². The van der Waals surface area contributed by atoms with E-state index < -0.39 is 80.5 Å². The quantitative estimate of drug-likeness (QED) is 0.144. The van der Waals surface area contributed by atoms with Gasteiger partial charge in [0.1, 0.15) is 24.1 Å². The molecule has 27 heteroatoms. The van der Waals surface area contributed by atoms with Crippen molar-refractivity contribution in [1.29, 1.82) is 0 Å². The van der Waals surface area contributed by atoms with Gasteiger partial charge in [-0.3, -0.25) is 18.2 Å². The molecule has 2 aromatic heterocycles. The average Bonchev–Trinajstić information content (AvgIpc) is 3.54. The van der Waals surface area contributed by atoms with Crippen LogP contribution in [0.25, 0.3) is 0 Å². The van der Waals surface area contributed by atoms with Crippen molar-refractivity contribution < 1.29 is 69.3 Å². The highest BCUT2D eigenvalue weighted by atomic mass is 31.3. The maximum absolute atomic E-state index is 12.2. The molecule has 0 spiro atoms. The number of rotatable bonds is 14. The van der Waals surface area contributed by atoms with E-state index in [4.69, 9.17) is 20.9 Å². The van der Waals surface area contributed by atoms with Crippen LogP contribution in [0, 0.1) is 0 Å². The fourth-order valence-electron chi connectivity index (χ4n) is 4.14. The summed E-state index contributed by atoms with van der Waals surface area (Å²) in [6.45, 7) is -1.41. The second-order valence-corrected chi connectivity index (χ2v) is 15.6. The molecule has 2 fully saturated rings. The molecule has 0 amide bonds. The average molecular weight is 724 g/mol. The van der Waals surface area contributed by atoms with E-state index in [-0.39, 0.29) is 37.3 Å². The van der Waals surface area contributed by atoms with Gasteiger partial charge in [-0.15, -0.1) is 0 Å². The van der Waals surface area contributed by atoms with Gasteiger partial charge >= 0.3 is 42.7 Å². The van der Waals surface area contributed by atoms with E-state index in [2.05, 4.69) is 31.9 Å². The van der Waals surface area contributed by atoms with Crippen molar-refractivity contribution in [2.24, 2.45) is 0 Å². The molecule has 2 saturated heterocycles. The maximum Gasteiger partial charge on any atom is 0.490 e. The van der Waals surface area contributed by atoms with Gasteiger partial charge in [-0.2, -0.15) is 22.9 Å². The number of nitrogens with zero attached hydrogens (tertiary/aromatic N) is 4. The van der Waals surface area contributed by atoms with E-state index in [9.17, 15) is 47.4 Å². The van der Waals surface area contributed by atoms with Crippen LogP contribution in [0.5, 0.6) is 0 Å². The standard InChI is InChI=1S/C18H28N6O17P4/c19-13-5-7-23(17(25)21-13)15-3-1-11(37-15)9-35-42(27,28)39-44(31,32)41-45(33,34)40-43(29,30)36-10-12-2-4-16(38-12)24-8-6-14(20)22-18(24)26/h5-8,11-12,15-16H,1-4,9-10H2,(H,27,28)(H,29,30)(H,31,32)(H,33,34)(H2,19,21,25)(H2,20,22,26)/t11-,12-,15+,16+/m0/s1. The van der Waals surface area contributed by atoms with Gasteiger partial charge in [-0.05, 0) is 37.8 Å². The predicted molar refractivity (Wildman–Crippen MR) is 147 cm³/mol. The van der Waals surface area contributed by atoms with Crippen molar-refractivity contribution in [3.63, 3.8) is 0 Å². The van der Waals surface area contributed by atoms with Crippen LogP contribution in [0.2, 0.25) is 0 Å². The summed E-state index contributed by atoms with van der Waals surface area (Å²) in [5.41, 5.74) is 9.43. The highest BCUT2D eigenvalue weighted by molar-refractivity contribution is 7.69. The first-order valence-corrected chi connectivity index (χ1v) is 18.5. The third kappa shape index (κ3) is 10.4. The molecular formula is C18H28N6O17P4. The van der Waals surface area contributed by atoms with Crippen LogP contribution in [-0.4, -0.2) is 64.1 Å². The smallest absolute Gasteiger partial charge is 0.383 e. The SMILES string of the molecule is Nc1ccn([C@H]2CC[C@@H](COP(=O)(O)OP(=O)(O)OP(=O)(O)OP(=O)(O)OC[C@@H]3CC[C@H](n4ccc(N)nc4=O)O3)O2)c(=O)n1. The summed E-state index contributed by atoms with van der Waals surface area (Å²) < 4.78 is 82.8.